The Labute approximate surface area is 114 Å². The molecule has 0 saturated carbocycles. The third-order valence-electron chi connectivity index (χ3n) is 1.69. The minimum absolute atomic E-state index is 0.133. The van der Waals surface area contributed by atoms with E-state index in [-0.39, 0.29) is 12.5 Å². The van der Waals surface area contributed by atoms with E-state index >= 15 is 0 Å². The van der Waals surface area contributed by atoms with Gasteiger partial charge in [0.15, 0.2) is 0 Å². The van der Waals surface area contributed by atoms with Crippen molar-refractivity contribution in [1.82, 2.24) is 9.97 Å². The molecular weight excluding hydrogens is 300 g/mol. The summed E-state index contributed by atoms with van der Waals surface area (Å²) < 4.78 is 5.87. The van der Waals surface area contributed by atoms with Crippen molar-refractivity contribution in [3.63, 3.8) is 0 Å². The number of anilines is 1. The molecule has 0 radical (unpaired) electrons. The first kappa shape index (κ1) is 14.4. The Morgan fingerprint density at radius 1 is 1.50 bits per heavy atom. The standard InChI is InChI=1S/C11H13BrN4O2/c1-11(2,3)18-10(17)16(5-4-13)9-14-6-8(12)7-15-9/h6-7H,5H2,1-3H3. The summed E-state index contributed by atoms with van der Waals surface area (Å²) >= 11 is 3.19. The van der Waals surface area contributed by atoms with Crippen molar-refractivity contribution < 1.29 is 9.53 Å². The van der Waals surface area contributed by atoms with E-state index < -0.39 is 11.7 Å². The van der Waals surface area contributed by atoms with Crippen LogP contribution in [0.15, 0.2) is 16.9 Å². The second kappa shape index (κ2) is 5.78. The first-order chi connectivity index (χ1) is 8.33. The highest BCUT2D eigenvalue weighted by molar-refractivity contribution is 9.10. The molecule has 0 unspecified atom stereocenters. The number of halogens is 1. The lowest BCUT2D eigenvalue weighted by Gasteiger charge is -2.24. The highest BCUT2D eigenvalue weighted by atomic mass is 79.9. The maximum Gasteiger partial charge on any atom is 0.418 e. The zero-order valence-corrected chi connectivity index (χ0v) is 11.9. The number of carbonyl (C=O) groups is 1. The normalized spacial score (nSPS) is 10.6. The van der Waals surface area contributed by atoms with Crippen LogP contribution in [0.1, 0.15) is 20.8 Å². The smallest absolute Gasteiger partial charge is 0.418 e. The monoisotopic (exact) mass is 312 g/mol. The maximum absolute atomic E-state index is 11.9. The van der Waals surface area contributed by atoms with Gasteiger partial charge < -0.3 is 4.74 Å². The van der Waals surface area contributed by atoms with E-state index in [1.54, 1.807) is 20.8 Å². The predicted octanol–water partition coefficient (Wildman–Crippen LogP) is 2.50. The first-order valence-electron chi connectivity index (χ1n) is 5.18. The lowest BCUT2D eigenvalue weighted by Crippen LogP contribution is -2.38. The number of ether oxygens (including phenoxy) is 1. The molecule has 6 nitrogen and oxygen atoms in total. The highest BCUT2D eigenvalue weighted by Gasteiger charge is 2.24. The Balaban J connectivity index is 2.93. The van der Waals surface area contributed by atoms with E-state index in [9.17, 15) is 4.79 Å². The van der Waals surface area contributed by atoms with Crippen molar-refractivity contribution in [1.29, 1.82) is 5.26 Å². The van der Waals surface area contributed by atoms with Gasteiger partial charge in [-0.15, -0.1) is 0 Å². The average Bonchev–Trinajstić information content (AvgIpc) is 2.25. The number of hydrogen-bond donors (Lipinski definition) is 0. The summed E-state index contributed by atoms with van der Waals surface area (Å²) in [6.07, 6.45) is 2.35. The number of aromatic nitrogens is 2. The number of amides is 1. The van der Waals surface area contributed by atoms with Crippen LogP contribution in [0, 0.1) is 11.3 Å². The Morgan fingerprint density at radius 2 is 2.06 bits per heavy atom. The Bertz CT molecular complexity index is 461. The van der Waals surface area contributed by atoms with Gasteiger partial charge in [0.05, 0.1) is 10.5 Å². The van der Waals surface area contributed by atoms with Gasteiger partial charge in [0.2, 0.25) is 5.95 Å². The van der Waals surface area contributed by atoms with Crippen LogP contribution in [0.4, 0.5) is 10.7 Å². The van der Waals surface area contributed by atoms with Crippen molar-refractivity contribution in [3.05, 3.63) is 16.9 Å². The molecule has 96 valence electrons. The molecule has 0 aliphatic rings. The van der Waals surface area contributed by atoms with Crippen molar-refractivity contribution in [3.8, 4) is 6.07 Å². The van der Waals surface area contributed by atoms with Gasteiger partial charge in [-0.3, -0.25) is 0 Å². The van der Waals surface area contributed by atoms with Gasteiger partial charge in [0.1, 0.15) is 12.1 Å². The lowest BCUT2D eigenvalue weighted by atomic mass is 10.2. The molecule has 0 bridgehead atoms. The van der Waals surface area contributed by atoms with Crippen LogP contribution in [-0.2, 0) is 4.74 Å². The van der Waals surface area contributed by atoms with Crippen LogP contribution >= 0.6 is 15.9 Å². The third-order valence-corrected chi connectivity index (χ3v) is 2.10. The van der Waals surface area contributed by atoms with Gasteiger partial charge in [-0.2, -0.15) is 5.26 Å². The van der Waals surface area contributed by atoms with Crippen LogP contribution in [0.25, 0.3) is 0 Å². The minimum atomic E-state index is -0.647. The van der Waals surface area contributed by atoms with Crippen LogP contribution in [-0.4, -0.2) is 28.2 Å². The van der Waals surface area contributed by atoms with E-state index in [2.05, 4.69) is 25.9 Å². The molecule has 1 heterocycles. The molecule has 1 rings (SSSR count). The molecule has 0 atom stereocenters. The van der Waals surface area contributed by atoms with Crippen LogP contribution < -0.4 is 4.90 Å². The summed E-state index contributed by atoms with van der Waals surface area (Å²) in [7, 11) is 0. The molecule has 0 N–H and O–H groups in total. The molecule has 0 saturated heterocycles. The predicted molar refractivity (Wildman–Crippen MR) is 68.9 cm³/mol. The minimum Gasteiger partial charge on any atom is -0.443 e. The Hall–Kier alpha value is -1.68. The van der Waals surface area contributed by atoms with Crippen molar-refractivity contribution in [2.75, 3.05) is 11.4 Å². The van der Waals surface area contributed by atoms with Gasteiger partial charge in [0, 0.05) is 12.4 Å². The SMILES string of the molecule is CC(C)(C)OC(=O)N(CC#N)c1ncc(Br)cn1. The summed E-state index contributed by atoms with van der Waals surface area (Å²) in [5.74, 6) is 0.133. The summed E-state index contributed by atoms with van der Waals surface area (Å²) in [5, 5.41) is 8.74. The molecule has 7 heteroatoms. The zero-order valence-electron chi connectivity index (χ0n) is 10.3. The van der Waals surface area contributed by atoms with E-state index in [0.717, 1.165) is 4.90 Å². The zero-order chi connectivity index (χ0) is 13.8. The maximum atomic E-state index is 11.9. The molecule has 1 aromatic heterocycles. The number of hydrogen-bond acceptors (Lipinski definition) is 5. The van der Waals surface area contributed by atoms with E-state index in [4.69, 9.17) is 10.00 Å². The quantitative estimate of drug-likeness (QED) is 0.784. The van der Waals surface area contributed by atoms with Crippen molar-refractivity contribution >= 4 is 28.0 Å². The number of rotatable bonds is 2. The fraction of sp³-hybridized carbons (Fsp3) is 0.455. The Kier molecular flexibility index (Phi) is 4.62. The van der Waals surface area contributed by atoms with E-state index in [0.29, 0.717) is 4.47 Å². The lowest BCUT2D eigenvalue weighted by molar-refractivity contribution is 0.0582. The van der Waals surface area contributed by atoms with Crippen LogP contribution in [0.3, 0.4) is 0 Å². The number of carbonyl (C=O) groups excluding carboxylic acids is 1. The van der Waals surface area contributed by atoms with Gasteiger partial charge in [-0.1, -0.05) is 0 Å². The van der Waals surface area contributed by atoms with Crippen LogP contribution in [0.5, 0.6) is 0 Å². The fourth-order valence-electron chi connectivity index (χ4n) is 1.05. The molecule has 1 aromatic rings. The molecule has 0 aliphatic carbocycles. The summed E-state index contributed by atoms with van der Waals surface area (Å²) in [6.45, 7) is 5.07. The molecule has 1 amide bonds. The summed E-state index contributed by atoms with van der Waals surface area (Å²) in [5.41, 5.74) is -0.639. The highest BCUT2D eigenvalue weighted by Crippen LogP contribution is 2.15. The topological polar surface area (TPSA) is 79.1 Å². The van der Waals surface area contributed by atoms with Gasteiger partial charge in [-0.25, -0.2) is 19.7 Å². The van der Waals surface area contributed by atoms with Crippen molar-refractivity contribution in [2.24, 2.45) is 0 Å². The average molecular weight is 313 g/mol. The molecule has 0 fully saturated rings. The number of nitrogens with zero attached hydrogens (tertiary/aromatic N) is 4. The summed E-state index contributed by atoms with van der Waals surface area (Å²) in [6, 6.07) is 1.88. The third kappa shape index (κ3) is 4.30. The molecule has 0 spiro atoms. The first-order valence-corrected chi connectivity index (χ1v) is 5.98. The fourth-order valence-corrected chi connectivity index (χ4v) is 1.25. The molecular formula is C11H13BrN4O2. The van der Waals surface area contributed by atoms with E-state index in [1.165, 1.54) is 12.4 Å². The molecule has 0 aromatic carbocycles. The molecule has 18 heavy (non-hydrogen) atoms. The van der Waals surface area contributed by atoms with E-state index in [1.807, 2.05) is 6.07 Å². The van der Waals surface area contributed by atoms with Crippen LogP contribution in [0.2, 0.25) is 0 Å². The largest absolute Gasteiger partial charge is 0.443 e. The van der Waals surface area contributed by atoms with Gasteiger partial charge in [-0.05, 0) is 36.7 Å². The summed E-state index contributed by atoms with van der Waals surface area (Å²) in [4.78, 5) is 20.9. The van der Waals surface area contributed by atoms with Gasteiger partial charge >= 0.3 is 6.09 Å². The van der Waals surface area contributed by atoms with Crippen molar-refractivity contribution in [2.45, 2.75) is 26.4 Å². The molecule has 0 aliphatic heterocycles. The Morgan fingerprint density at radius 3 is 2.50 bits per heavy atom. The second-order valence-corrected chi connectivity index (χ2v) is 5.34. The number of nitriles is 1. The second-order valence-electron chi connectivity index (χ2n) is 4.43. The van der Waals surface area contributed by atoms with Gasteiger partial charge in [0.25, 0.3) is 0 Å².